The van der Waals surface area contributed by atoms with E-state index in [1.165, 1.54) is 16.8 Å². The number of rotatable bonds is 6. The maximum Gasteiger partial charge on any atom is 0.0757 e. The number of nitrogens with one attached hydrogen (secondary N) is 1. The average Bonchev–Trinajstić information content (AvgIpc) is 2.83. The zero-order chi connectivity index (χ0) is 15.4. The summed E-state index contributed by atoms with van der Waals surface area (Å²) in [5.41, 5.74) is 3.83. The summed E-state index contributed by atoms with van der Waals surface area (Å²) < 4.78 is 3.14. The Morgan fingerprint density at radius 3 is 2.33 bits per heavy atom. The number of hydrogen-bond acceptors (Lipinski definition) is 2. The summed E-state index contributed by atoms with van der Waals surface area (Å²) in [4.78, 5) is 0. The SMILES string of the molecule is CCCn1ncc(Br)c1C(NC)c1ccc(C(C)C)cc1. The van der Waals surface area contributed by atoms with Crippen LogP contribution in [0.25, 0.3) is 0 Å². The van der Waals surface area contributed by atoms with Gasteiger partial charge >= 0.3 is 0 Å². The second-order valence-corrected chi connectivity index (χ2v) is 6.50. The van der Waals surface area contributed by atoms with Gasteiger partial charge in [0.05, 0.1) is 22.4 Å². The largest absolute Gasteiger partial charge is 0.308 e. The summed E-state index contributed by atoms with van der Waals surface area (Å²) in [6, 6.07) is 9.02. The first-order valence-corrected chi connectivity index (χ1v) is 8.36. The normalized spacial score (nSPS) is 12.9. The molecule has 2 rings (SSSR count). The van der Waals surface area contributed by atoms with Crippen LogP contribution in [0.4, 0.5) is 0 Å². The molecule has 0 aliphatic rings. The Bertz CT molecular complexity index is 572. The van der Waals surface area contributed by atoms with E-state index in [-0.39, 0.29) is 6.04 Å². The third-order valence-electron chi connectivity index (χ3n) is 3.77. The number of nitrogens with zero attached hydrogens (tertiary/aromatic N) is 2. The van der Waals surface area contributed by atoms with E-state index < -0.39 is 0 Å². The summed E-state index contributed by atoms with van der Waals surface area (Å²) in [6.45, 7) is 7.54. The lowest BCUT2D eigenvalue weighted by molar-refractivity contribution is 0.533. The molecule has 114 valence electrons. The lowest BCUT2D eigenvalue weighted by atomic mass is 9.98. The van der Waals surface area contributed by atoms with Crippen molar-refractivity contribution in [2.24, 2.45) is 0 Å². The highest BCUT2D eigenvalue weighted by molar-refractivity contribution is 9.10. The Kier molecular flexibility index (Phi) is 5.59. The van der Waals surface area contributed by atoms with Crippen molar-refractivity contribution < 1.29 is 0 Å². The first kappa shape index (κ1) is 16.2. The number of hydrogen-bond donors (Lipinski definition) is 1. The predicted octanol–water partition coefficient (Wildman–Crippen LogP) is 4.49. The molecule has 1 aromatic carbocycles. The molecule has 4 heteroatoms. The van der Waals surface area contributed by atoms with E-state index >= 15 is 0 Å². The number of halogens is 1. The zero-order valence-corrected chi connectivity index (χ0v) is 14.8. The molecular weight excluding hydrogens is 326 g/mol. The summed E-state index contributed by atoms with van der Waals surface area (Å²) in [6.07, 6.45) is 2.96. The topological polar surface area (TPSA) is 29.9 Å². The molecule has 1 unspecified atom stereocenters. The van der Waals surface area contributed by atoms with Crippen molar-refractivity contribution in [2.75, 3.05) is 7.05 Å². The van der Waals surface area contributed by atoms with Crippen molar-refractivity contribution in [3.8, 4) is 0 Å². The van der Waals surface area contributed by atoms with Crippen LogP contribution in [-0.2, 0) is 6.54 Å². The van der Waals surface area contributed by atoms with Crippen molar-refractivity contribution >= 4 is 15.9 Å². The van der Waals surface area contributed by atoms with Gasteiger partial charge in [-0.05, 0) is 46.4 Å². The minimum atomic E-state index is 0.148. The molecule has 0 saturated carbocycles. The summed E-state index contributed by atoms with van der Waals surface area (Å²) >= 11 is 3.64. The smallest absolute Gasteiger partial charge is 0.0757 e. The Labute approximate surface area is 135 Å². The minimum Gasteiger partial charge on any atom is -0.308 e. The van der Waals surface area contributed by atoms with Gasteiger partial charge in [-0.15, -0.1) is 0 Å². The van der Waals surface area contributed by atoms with Crippen LogP contribution in [0.15, 0.2) is 34.9 Å². The van der Waals surface area contributed by atoms with E-state index in [2.05, 4.69) is 76.1 Å². The van der Waals surface area contributed by atoms with E-state index in [0.29, 0.717) is 5.92 Å². The van der Waals surface area contributed by atoms with Gasteiger partial charge in [-0.25, -0.2) is 0 Å². The summed E-state index contributed by atoms with van der Waals surface area (Å²) in [7, 11) is 2.00. The fourth-order valence-electron chi connectivity index (χ4n) is 2.58. The van der Waals surface area contributed by atoms with Gasteiger partial charge in [-0.2, -0.15) is 5.10 Å². The van der Waals surface area contributed by atoms with Gasteiger partial charge < -0.3 is 5.32 Å². The fourth-order valence-corrected chi connectivity index (χ4v) is 3.11. The van der Waals surface area contributed by atoms with Crippen LogP contribution in [0, 0.1) is 0 Å². The Balaban J connectivity index is 2.37. The first-order chi connectivity index (χ1) is 10.1. The molecule has 1 atom stereocenters. The lowest BCUT2D eigenvalue weighted by Crippen LogP contribution is -2.22. The van der Waals surface area contributed by atoms with Gasteiger partial charge in [0.2, 0.25) is 0 Å². The quantitative estimate of drug-likeness (QED) is 0.832. The van der Waals surface area contributed by atoms with Crippen molar-refractivity contribution in [3.05, 3.63) is 51.8 Å². The third-order valence-corrected chi connectivity index (χ3v) is 4.38. The van der Waals surface area contributed by atoms with E-state index in [0.717, 1.165) is 17.4 Å². The molecule has 0 aliphatic heterocycles. The van der Waals surface area contributed by atoms with Gasteiger partial charge in [0.15, 0.2) is 0 Å². The molecule has 2 aromatic rings. The molecule has 1 N–H and O–H groups in total. The van der Waals surface area contributed by atoms with E-state index in [9.17, 15) is 0 Å². The molecule has 0 amide bonds. The van der Waals surface area contributed by atoms with Crippen LogP contribution in [0.2, 0.25) is 0 Å². The van der Waals surface area contributed by atoms with E-state index in [1.807, 2.05) is 13.2 Å². The van der Waals surface area contributed by atoms with Gasteiger partial charge in [-0.3, -0.25) is 4.68 Å². The van der Waals surface area contributed by atoms with Gasteiger partial charge in [-0.1, -0.05) is 45.0 Å². The lowest BCUT2D eigenvalue weighted by Gasteiger charge is -2.20. The van der Waals surface area contributed by atoms with Crippen LogP contribution in [-0.4, -0.2) is 16.8 Å². The summed E-state index contributed by atoms with van der Waals surface area (Å²) in [5.74, 6) is 0.560. The first-order valence-electron chi connectivity index (χ1n) is 7.56. The van der Waals surface area contributed by atoms with Gasteiger partial charge in [0.1, 0.15) is 0 Å². The number of aryl methyl sites for hydroxylation is 1. The Morgan fingerprint density at radius 2 is 1.81 bits per heavy atom. The highest BCUT2D eigenvalue weighted by atomic mass is 79.9. The molecular formula is C17H24BrN3. The van der Waals surface area contributed by atoms with Crippen LogP contribution in [0.3, 0.4) is 0 Å². The fraction of sp³-hybridized carbons (Fsp3) is 0.471. The van der Waals surface area contributed by atoms with Gasteiger partial charge in [0.25, 0.3) is 0 Å². The maximum atomic E-state index is 4.48. The second kappa shape index (κ2) is 7.23. The minimum absolute atomic E-state index is 0.148. The molecule has 0 radical (unpaired) electrons. The molecule has 0 bridgehead atoms. The molecule has 1 aromatic heterocycles. The highest BCUT2D eigenvalue weighted by Gasteiger charge is 2.20. The van der Waals surface area contributed by atoms with Crippen molar-refractivity contribution in [1.82, 2.24) is 15.1 Å². The maximum absolute atomic E-state index is 4.48. The predicted molar refractivity (Wildman–Crippen MR) is 91.7 cm³/mol. The molecule has 0 fully saturated rings. The van der Waals surface area contributed by atoms with Crippen LogP contribution in [0.5, 0.6) is 0 Å². The molecule has 0 spiro atoms. The number of aromatic nitrogens is 2. The Hall–Kier alpha value is -1.13. The third kappa shape index (κ3) is 3.55. The number of benzene rings is 1. The molecule has 0 aliphatic carbocycles. The molecule has 0 saturated heterocycles. The van der Waals surface area contributed by atoms with Gasteiger partial charge in [0, 0.05) is 6.54 Å². The molecule has 3 nitrogen and oxygen atoms in total. The van der Waals surface area contributed by atoms with E-state index in [1.54, 1.807) is 0 Å². The highest BCUT2D eigenvalue weighted by Crippen LogP contribution is 2.29. The van der Waals surface area contributed by atoms with E-state index in [4.69, 9.17) is 0 Å². The van der Waals surface area contributed by atoms with Crippen LogP contribution in [0.1, 0.15) is 56.0 Å². The molecule has 1 heterocycles. The average molecular weight is 350 g/mol. The summed E-state index contributed by atoms with van der Waals surface area (Å²) in [5, 5.41) is 7.89. The zero-order valence-electron chi connectivity index (χ0n) is 13.2. The van der Waals surface area contributed by atoms with Crippen molar-refractivity contribution in [3.63, 3.8) is 0 Å². The van der Waals surface area contributed by atoms with Crippen LogP contribution < -0.4 is 5.32 Å². The van der Waals surface area contributed by atoms with Crippen molar-refractivity contribution in [1.29, 1.82) is 0 Å². The molecule has 21 heavy (non-hydrogen) atoms. The van der Waals surface area contributed by atoms with Crippen LogP contribution >= 0.6 is 15.9 Å². The monoisotopic (exact) mass is 349 g/mol. The second-order valence-electron chi connectivity index (χ2n) is 5.64. The van der Waals surface area contributed by atoms with Crippen molar-refractivity contribution in [2.45, 2.75) is 45.7 Å². The Morgan fingerprint density at radius 1 is 1.19 bits per heavy atom. The standard InChI is InChI=1S/C17H24BrN3/c1-5-10-21-17(15(18)11-20-21)16(19-4)14-8-6-13(7-9-14)12(2)3/h6-9,11-12,16,19H,5,10H2,1-4H3.